The standard InChI is InChI=1S/C19H25N4O2/c1-18(2,17(21)25)9-8-16(24)22-19(14-20)10-12-23(13-11-19)15-6-4-3-5-7-15/h3-8H,9-13H2,1-2H3,(H2,21,25)(H,22,24). The van der Waals surface area contributed by atoms with Crippen molar-refractivity contribution >= 4 is 17.5 Å². The zero-order chi connectivity index (χ0) is 18.5. The monoisotopic (exact) mass is 341 g/mol. The van der Waals surface area contributed by atoms with Crippen molar-refractivity contribution in [2.24, 2.45) is 11.1 Å². The third-order valence-corrected chi connectivity index (χ3v) is 4.78. The summed E-state index contributed by atoms with van der Waals surface area (Å²) in [5, 5.41) is 12.4. The number of anilines is 1. The predicted octanol–water partition coefficient (Wildman–Crippen LogP) is 1.77. The number of benzene rings is 1. The Morgan fingerprint density at radius 1 is 1.32 bits per heavy atom. The van der Waals surface area contributed by atoms with Crippen LogP contribution in [0.3, 0.4) is 0 Å². The fourth-order valence-electron chi connectivity index (χ4n) is 2.79. The number of para-hydroxylation sites is 1. The minimum Gasteiger partial charge on any atom is -0.371 e. The zero-order valence-corrected chi connectivity index (χ0v) is 14.8. The molecule has 0 bridgehead atoms. The molecule has 3 N–H and O–H groups in total. The predicted molar refractivity (Wildman–Crippen MR) is 96.3 cm³/mol. The van der Waals surface area contributed by atoms with Crippen LogP contribution in [0, 0.1) is 23.2 Å². The first kappa shape index (κ1) is 18.8. The smallest absolute Gasteiger partial charge is 0.225 e. The molecule has 0 spiro atoms. The third kappa shape index (κ3) is 4.72. The molecule has 25 heavy (non-hydrogen) atoms. The molecule has 2 amide bonds. The molecule has 2 rings (SSSR count). The lowest BCUT2D eigenvalue weighted by atomic mass is 9.85. The Morgan fingerprint density at radius 2 is 1.92 bits per heavy atom. The molecule has 1 aromatic rings. The van der Waals surface area contributed by atoms with Gasteiger partial charge in [-0.25, -0.2) is 0 Å². The van der Waals surface area contributed by atoms with Crippen LogP contribution in [-0.4, -0.2) is 30.4 Å². The Hall–Kier alpha value is -2.55. The second-order valence-electron chi connectivity index (χ2n) is 7.16. The minimum absolute atomic E-state index is 0.242. The van der Waals surface area contributed by atoms with Gasteiger partial charge in [-0.15, -0.1) is 0 Å². The molecule has 1 saturated heterocycles. The van der Waals surface area contributed by atoms with Crippen LogP contribution >= 0.6 is 0 Å². The number of carbonyl (C=O) groups excluding carboxylic acids is 2. The summed E-state index contributed by atoms with van der Waals surface area (Å²) in [6, 6.07) is 12.3. The summed E-state index contributed by atoms with van der Waals surface area (Å²) < 4.78 is 0. The van der Waals surface area contributed by atoms with Gasteiger partial charge in [-0.2, -0.15) is 5.26 Å². The Morgan fingerprint density at radius 3 is 2.44 bits per heavy atom. The van der Waals surface area contributed by atoms with E-state index in [2.05, 4.69) is 16.3 Å². The first-order chi connectivity index (χ1) is 11.8. The maximum Gasteiger partial charge on any atom is 0.225 e. The molecule has 6 heteroatoms. The van der Waals surface area contributed by atoms with Crippen molar-refractivity contribution in [3.8, 4) is 6.07 Å². The largest absolute Gasteiger partial charge is 0.371 e. The third-order valence-electron chi connectivity index (χ3n) is 4.78. The summed E-state index contributed by atoms with van der Waals surface area (Å²) in [6.45, 7) is 4.78. The molecule has 1 aliphatic heterocycles. The Balaban J connectivity index is 1.91. The van der Waals surface area contributed by atoms with Gasteiger partial charge in [-0.05, 0) is 18.6 Å². The number of primary amides is 1. The average Bonchev–Trinajstić information content (AvgIpc) is 2.61. The van der Waals surface area contributed by atoms with E-state index >= 15 is 0 Å². The van der Waals surface area contributed by atoms with Crippen LogP contribution in [0.5, 0.6) is 0 Å². The molecular weight excluding hydrogens is 316 g/mol. The first-order valence-electron chi connectivity index (χ1n) is 8.44. The molecule has 1 heterocycles. The maximum absolute atomic E-state index is 12.2. The Bertz CT molecular complexity index is 656. The van der Waals surface area contributed by atoms with Crippen LogP contribution in [0.15, 0.2) is 30.3 Å². The maximum atomic E-state index is 12.2. The van der Waals surface area contributed by atoms with Gasteiger partial charge in [0.25, 0.3) is 0 Å². The molecule has 0 saturated carbocycles. The van der Waals surface area contributed by atoms with E-state index in [0.717, 1.165) is 5.69 Å². The second kappa shape index (κ2) is 7.56. The average molecular weight is 341 g/mol. The molecular formula is C19H25N4O2. The topological polar surface area (TPSA) is 99.2 Å². The van der Waals surface area contributed by atoms with Crippen molar-refractivity contribution in [1.29, 1.82) is 5.26 Å². The molecule has 1 fully saturated rings. The molecule has 0 aliphatic carbocycles. The van der Waals surface area contributed by atoms with E-state index < -0.39 is 16.9 Å². The quantitative estimate of drug-likeness (QED) is 0.823. The van der Waals surface area contributed by atoms with E-state index in [0.29, 0.717) is 25.9 Å². The van der Waals surface area contributed by atoms with E-state index in [1.54, 1.807) is 13.8 Å². The van der Waals surface area contributed by atoms with E-state index in [9.17, 15) is 14.9 Å². The number of hydrogen-bond acceptors (Lipinski definition) is 4. The lowest BCUT2D eigenvalue weighted by molar-refractivity contribution is -0.126. The van der Waals surface area contributed by atoms with E-state index in [-0.39, 0.29) is 12.3 Å². The molecule has 1 aromatic carbocycles. The molecule has 133 valence electrons. The van der Waals surface area contributed by atoms with Gasteiger partial charge in [0, 0.05) is 37.0 Å². The second-order valence-corrected chi connectivity index (χ2v) is 7.16. The van der Waals surface area contributed by atoms with Crippen molar-refractivity contribution in [2.45, 2.75) is 38.6 Å². The number of nitrogens with one attached hydrogen (secondary N) is 1. The highest BCUT2D eigenvalue weighted by molar-refractivity contribution is 5.87. The van der Waals surface area contributed by atoms with Crippen molar-refractivity contribution in [3.05, 3.63) is 36.8 Å². The van der Waals surface area contributed by atoms with Gasteiger partial charge < -0.3 is 16.0 Å². The lowest BCUT2D eigenvalue weighted by Gasteiger charge is -2.39. The van der Waals surface area contributed by atoms with Crippen LogP contribution in [-0.2, 0) is 9.59 Å². The molecule has 6 nitrogen and oxygen atoms in total. The van der Waals surface area contributed by atoms with Crippen molar-refractivity contribution in [2.75, 3.05) is 18.0 Å². The van der Waals surface area contributed by atoms with Gasteiger partial charge in [-0.3, -0.25) is 9.59 Å². The van der Waals surface area contributed by atoms with Gasteiger partial charge in [-0.1, -0.05) is 32.0 Å². The highest BCUT2D eigenvalue weighted by Crippen LogP contribution is 2.27. The number of nitrogens with zero attached hydrogens (tertiary/aromatic N) is 2. The van der Waals surface area contributed by atoms with Crippen molar-refractivity contribution in [1.82, 2.24) is 5.32 Å². The number of rotatable bonds is 6. The number of hydrogen-bond donors (Lipinski definition) is 2. The molecule has 1 radical (unpaired) electrons. The fraction of sp³-hybridized carbons (Fsp3) is 0.474. The Labute approximate surface area is 149 Å². The summed E-state index contributed by atoms with van der Waals surface area (Å²) in [4.78, 5) is 25.7. The van der Waals surface area contributed by atoms with Crippen LogP contribution in [0.2, 0.25) is 0 Å². The van der Waals surface area contributed by atoms with Gasteiger partial charge in [0.15, 0.2) is 0 Å². The molecule has 0 atom stereocenters. The fourth-order valence-corrected chi connectivity index (χ4v) is 2.79. The number of nitrogens with two attached hydrogens (primary N) is 1. The number of nitriles is 1. The van der Waals surface area contributed by atoms with Gasteiger partial charge in [0.2, 0.25) is 11.8 Å². The van der Waals surface area contributed by atoms with E-state index in [1.165, 1.54) is 6.42 Å². The van der Waals surface area contributed by atoms with Crippen LogP contribution in [0.1, 0.15) is 33.1 Å². The van der Waals surface area contributed by atoms with Crippen molar-refractivity contribution < 1.29 is 9.59 Å². The number of amides is 2. The van der Waals surface area contributed by atoms with Crippen LogP contribution in [0.4, 0.5) is 5.69 Å². The van der Waals surface area contributed by atoms with E-state index in [4.69, 9.17) is 5.73 Å². The first-order valence-corrected chi connectivity index (χ1v) is 8.44. The Kier molecular flexibility index (Phi) is 5.68. The van der Waals surface area contributed by atoms with Gasteiger partial charge in [0.05, 0.1) is 12.5 Å². The van der Waals surface area contributed by atoms with Crippen LogP contribution in [0.25, 0.3) is 0 Å². The summed E-state index contributed by atoms with van der Waals surface area (Å²) in [7, 11) is 0. The number of carbonyl (C=O) groups is 2. The SMILES string of the molecule is CC(C)(C[CH]C(=O)NC1(C#N)CCN(c2ccccc2)CC1)C(N)=O. The summed E-state index contributed by atoms with van der Waals surface area (Å²) in [5.74, 6) is -0.785. The summed E-state index contributed by atoms with van der Waals surface area (Å²) in [6.07, 6.45) is 2.76. The summed E-state index contributed by atoms with van der Waals surface area (Å²) >= 11 is 0. The molecule has 0 unspecified atom stereocenters. The number of piperidine rings is 1. The molecule has 1 aliphatic rings. The zero-order valence-electron chi connectivity index (χ0n) is 14.8. The minimum atomic E-state index is -0.865. The lowest BCUT2D eigenvalue weighted by Crippen LogP contribution is -2.54. The van der Waals surface area contributed by atoms with Gasteiger partial charge in [0.1, 0.15) is 5.54 Å². The summed E-state index contributed by atoms with van der Waals surface area (Å²) in [5.41, 5.74) is 4.79. The van der Waals surface area contributed by atoms with Crippen LogP contribution < -0.4 is 16.0 Å². The van der Waals surface area contributed by atoms with E-state index in [1.807, 2.05) is 30.3 Å². The highest BCUT2D eigenvalue weighted by atomic mass is 16.2. The highest BCUT2D eigenvalue weighted by Gasteiger charge is 2.36. The van der Waals surface area contributed by atoms with Gasteiger partial charge >= 0.3 is 0 Å². The van der Waals surface area contributed by atoms with Crippen molar-refractivity contribution in [3.63, 3.8) is 0 Å². The normalized spacial score (nSPS) is 16.8. The molecule has 0 aromatic heterocycles.